The Balaban J connectivity index is 1.20. The van der Waals surface area contributed by atoms with E-state index in [1.807, 2.05) is 22.7 Å². The van der Waals surface area contributed by atoms with Gasteiger partial charge in [-0.3, -0.25) is 0 Å². The van der Waals surface area contributed by atoms with Crippen molar-refractivity contribution in [3.63, 3.8) is 0 Å². The number of benzene rings is 10. The van der Waals surface area contributed by atoms with E-state index in [-0.39, 0.29) is 0 Å². The van der Waals surface area contributed by atoms with Gasteiger partial charge in [-0.15, -0.1) is 22.7 Å². The monoisotopic (exact) mass is 718 g/mol. The number of hydrogen-bond acceptors (Lipinski definition) is 2. The second kappa shape index (κ2) is 11.6. The van der Waals surface area contributed by atoms with Gasteiger partial charge >= 0.3 is 0 Å². The molecule has 0 spiro atoms. The van der Waals surface area contributed by atoms with Gasteiger partial charge in [-0.25, -0.2) is 0 Å². The molecule has 54 heavy (non-hydrogen) atoms. The van der Waals surface area contributed by atoms with Crippen LogP contribution in [-0.4, -0.2) is 0 Å². The maximum Gasteiger partial charge on any atom is 0.0540 e. The first-order chi connectivity index (χ1) is 26.8. The van der Waals surface area contributed by atoms with Gasteiger partial charge in [0.15, 0.2) is 0 Å². The average molecular weight is 719 g/mol. The molecule has 0 saturated carbocycles. The third-order valence-electron chi connectivity index (χ3n) is 11.4. The molecule has 2 heterocycles. The molecule has 0 saturated heterocycles. The van der Waals surface area contributed by atoms with E-state index in [2.05, 4.69) is 182 Å². The van der Waals surface area contributed by atoms with Crippen molar-refractivity contribution in [2.75, 3.05) is 0 Å². The summed E-state index contributed by atoms with van der Waals surface area (Å²) in [4.78, 5) is 0. The molecule has 0 aliphatic heterocycles. The molecular formula is C52H30S2. The lowest BCUT2D eigenvalue weighted by molar-refractivity contribution is 1.63. The second-order valence-electron chi connectivity index (χ2n) is 14.3. The predicted octanol–water partition coefficient (Wildman–Crippen LogP) is 16.0. The maximum atomic E-state index is 2.54. The zero-order chi connectivity index (χ0) is 35.3. The van der Waals surface area contributed by atoms with Gasteiger partial charge in [-0.05, 0) is 107 Å². The molecule has 10 aromatic carbocycles. The molecule has 2 heteroatoms. The summed E-state index contributed by atoms with van der Waals surface area (Å²) in [5.41, 5.74) is 7.60. The van der Waals surface area contributed by atoms with Crippen molar-refractivity contribution < 1.29 is 0 Å². The molecule has 0 aliphatic rings. The van der Waals surface area contributed by atoms with Crippen LogP contribution in [0.5, 0.6) is 0 Å². The van der Waals surface area contributed by atoms with Crippen LogP contribution in [0, 0.1) is 0 Å². The Morgan fingerprint density at radius 3 is 1.63 bits per heavy atom. The quantitative estimate of drug-likeness (QED) is 0.160. The van der Waals surface area contributed by atoms with Gasteiger partial charge in [0, 0.05) is 30.9 Å². The molecule has 0 atom stereocenters. The van der Waals surface area contributed by atoms with Crippen LogP contribution in [0.4, 0.5) is 0 Å². The predicted molar refractivity (Wildman–Crippen MR) is 239 cm³/mol. The van der Waals surface area contributed by atoms with E-state index >= 15 is 0 Å². The normalized spacial score (nSPS) is 12.1. The summed E-state index contributed by atoms with van der Waals surface area (Å²) in [6.07, 6.45) is 0. The van der Waals surface area contributed by atoms with Crippen LogP contribution in [0.1, 0.15) is 0 Å². The van der Waals surface area contributed by atoms with Crippen molar-refractivity contribution in [3.8, 4) is 33.4 Å². The van der Waals surface area contributed by atoms with Crippen LogP contribution >= 0.6 is 22.7 Å². The van der Waals surface area contributed by atoms with Crippen molar-refractivity contribution in [2.24, 2.45) is 0 Å². The Labute approximate surface area is 319 Å². The van der Waals surface area contributed by atoms with E-state index in [1.54, 1.807) is 0 Å². The SMILES string of the molecule is c1cc(-c2ccc3ccccc3c2)cc(-c2c3ccccc3c(-c3cc4c(sc5ccc6ccccc6c54)c4sc5ccccc5c34)c3ccccc23)c1. The van der Waals surface area contributed by atoms with Gasteiger partial charge in [-0.2, -0.15) is 0 Å². The Hall–Kier alpha value is -6.32. The van der Waals surface area contributed by atoms with E-state index in [9.17, 15) is 0 Å². The van der Waals surface area contributed by atoms with Crippen LogP contribution in [0.2, 0.25) is 0 Å². The van der Waals surface area contributed by atoms with Gasteiger partial charge in [0.05, 0.1) is 9.40 Å². The molecule has 0 N–H and O–H groups in total. The fourth-order valence-electron chi connectivity index (χ4n) is 9.04. The molecule has 0 amide bonds. The first kappa shape index (κ1) is 30.2. The lowest BCUT2D eigenvalue weighted by atomic mass is 9.84. The van der Waals surface area contributed by atoms with Gasteiger partial charge in [0.25, 0.3) is 0 Å². The number of thiophene rings is 2. The Morgan fingerprint density at radius 1 is 0.278 bits per heavy atom. The Morgan fingerprint density at radius 2 is 0.852 bits per heavy atom. The third kappa shape index (κ3) is 4.36. The van der Waals surface area contributed by atoms with E-state index in [1.165, 1.54) is 117 Å². The summed E-state index contributed by atoms with van der Waals surface area (Å²) in [5.74, 6) is 0. The summed E-state index contributed by atoms with van der Waals surface area (Å²) in [5, 5.41) is 15.6. The molecule has 0 radical (unpaired) electrons. The summed E-state index contributed by atoms with van der Waals surface area (Å²) < 4.78 is 5.45. The second-order valence-corrected chi connectivity index (χ2v) is 16.5. The zero-order valence-corrected chi connectivity index (χ0v) is 30.8. The smallest absolute Gasteiger partial charge is 0.0540 e. The van der Waals surface area contributed by atoms with Gasteiger partial charge in [0.1, 0.15) is 0 Å². The Bertz CT molecular complexity index is 3450. The van der Waals surface area contributed by atoms with E-state index in [4.69, 9.17) is 0 Å². The molecule has 0 unspecified atom stereocenters. The highest BCUT2D eigenvalue weighted by Gasteiger charge is 2.23. The van der Waals surface area contributed by atoms with Crippen LogP contribution < -0.4 is 0 Å². The molecule has 12 rings (SSSR count). The minimum absolute atomic E-state index is 1.23. The summed E-state index contributed by atoms with van der Waals surface area (Å²) in [6, 6.07) is 67.8. The lowest BCUT2D eigenvalue weighted by Crippen LogP contribution is -1.92. The summed E-state index contributed by atoms with van der Waals surface area (Å²) >= 11 is 3.88. The van der Waals surface area contributed by atoms with Crippen molar-refractivity contribution in [1.82, 2.24) is 0 Å². The molecule has 0 fully saturated rings. The average Bonchev–Trinajstić information content (AvgIpc) is 3.82. The van der Waals surface area contributed by atoms with Gasteiger partial charge in [-0.1, -0.05) is 152 Å². The highest BCUT2D eigenvalue weighted by Crippen LogP contribution is 2.53. The molecule has 12 aromatic rings. The van der Waals surface area contributed by atoms with E-state index in [0.29, 0.717) is 0 Å². The van der Waals surface area contributed by atoms with Crippen molar-refractivity contribution in [3.05, 3.63) is 182 Å². The minimum Gasteiger partial charge on any atom is -0.134 e. The summed E-state index contributed by atoms with van der Waals surface area (Å²) in [7, 11) is 0. The standard InChI is InChI=1S/C52H30S2/c1-2-14-33-28-35(25-24-31(33)12-1)34-15-11-16-36(29-34)47-38-18-5-7-20-40(38)48(41-21-8-6-19-39(41)47)43-30-44-49-37-17-4-3-13-32(37)26-27-46(49)54-51(44)52-50(43)42-22-9-10-23-45(42)53-52/h1-30H. The zero-order valence-electron chi connectivity index (χ0n) is 29.1. The van der Waals surface area contributed by atoms with Crippen molar-refractivity contribution in [2.45, 2.75) is 0 Å². The first-order valence-corrected chi connectivity index (χ1v) is 20.1. The number of rotatable bonds is 3. The van der Waals surface area contributed by atoms with Gasteiger partial charge in [0.2, 0.25) is 0 Å². The van der Waals surface area contributed by atoms with Crippen molar-refractivity contribution in [1.29, 1.82) is 0 Å². The fraction of sp³-hybridized carbons (Fsp3) is 0. The minimum atomic E-state index is 1.23. The maximum absolute atomic E-state index is 2.54. The number of hydrogen-bond donors (Lipinski definition) is 0. The van der Waals surface area contributed by atoms with Crippen molar-refractivity contribution >= 4 is 106 Å². The highest BCUT2D eigenvalue weighted by atomic mass is 32.1. The molecule has 0 bridgehead atoms. The molecule has 250 valence electrons. The topological polar surface area (TPSA) is 0 Å². The van der Waals surface area contributed by atoms with E-state index < -0.39 is 0 Å². The Kier molecular flexibility index (Phi) is 6.48. The molecular weight excluding hydrogens is 689 g/mol. The number of fused-ring (bicyclic) bond motifs is 12. The fourth-order valence-corrected chi connectivity index (χ4v) is 11.6. The van der Waals surface area contributed by atoms with Crippen LogP contribution in [-0.2, 0) is 0 Å². The molecule has 2 aromatic heterocycles. The van der Waals surface area contributed by atoms with Crippen LogP contribution in [0.3, 0.4) is 0 Å². The first-order valence-electron chi connectivity index (χ1n) is 18.5. The third-order valence-corrected chi connectivity index (χ3v) is 13.9. The van der Waals surface area contributed by atoms with Gasteiger partial charge < -0.3 is 0 Å². The largest absolute Gasteiger partial charge is 0.134 e. The molecule has 0 aliphatic carbocycles. The lowest BCUT2D eigenvalue weighted by Gasteiger charge is -2.19. The van der Waals surface area contributed by atoms with E-state index in [0.717, 1.165) is 0 Å². The van der Waals surface area contributed by atoms with Crippen LogP contribution in [0.25, 0.3) is 117 Å². The molecule has 0 nitrogen and oxygen atoms in total. The van der Waals surface area contributed by atoms with Crippen LogP contribution in [0.15, 0.2) is 182 Å². The highest BCUT2D eigenvalue weighted by molar-refractivity contribution is 7.33. The summed E-state index contributed by atoms with van der Waals surface area (Å²) in [6.45, 7) is 0.